The quantitative estimate of drug-likeness (QED) is 0.185. The van der Waals surface area contributed by atoms with Gasteiger partial charge in [-0.15, -0.1) is 0 Å². The lowest BCUT2D eigenvalue weighted by molar-refractivity contribution is 0.582. The van der Waals surface area contributed by atoms with Gasteiger partial charge in [0.15, 0.2) is 0 Å². The Kier molecular flexibility index (Phi) is 8.46. The van der Waals surface area contributed by atoms with E-state index in [4.69, 9.17) is 14.4 Å². The fourth-order valence-corrected chi connectivity index (χ4v) is 6.48. The standard InChI is InChI=1S/C42H44N2O/c1-25(2)30-20-14-21-31(26(3)4)38(30)43-40-34-18-12-13-19-35(34)42-37(36(24-45-42)29-16-10-9-11-17-29)41(40)44-39-32(27(5)6)22-15-23-33(39)28(7)8/h9-28H,1-8H3. The molecule has 0 spiro atoms. The van der Waals surface area contributed by atoms with Crippen LogP contribution in [0.3, 0.4) is 0 Å². The lowest BCUT2D eigenvalue weighted by atomic mass is 9.83. The molecule has 1 heterocycles. The molecule has 228 valence electrons. The van der Waals surface area contributed by atoms with Gasteiger partial charge in [0.2, 0.25) is 0 Å². The van der Waals surface area contributed by atoms with Crippen molar-refractivity contribution in [3.05, 3.63) is 131 Å². The predicted octanol–water partition coefficient (Wildman–Crippen LogP) is 12.4. The lowest BCUT2D eigenvalue weighted by Crippen LogP contribution is -2.23. The summed E-state index contributed by atoms with van der Waals surface area (Å²) in [5.74, 6) is 2.11. The number of aliphatic imine (C=N–C) groups is 2. The SMILES string of the molecule is CC(C)c1cccc(C(C)C)c1N=C1C(=Nc2c(C(C)C)cccc2C(C)C)c2c(-c3ccccc3)coc2-c2ccccc21. The van der Waals surface area contributed by atoms with E-state index >= 15 is 0 Å². The third-order valence-corrected chi connectivity index (χ3v) is 8.90. The van der Waals surface area contributed by atoms with Crippen LogP contribution in [-0.2, 0) is 0 Å². The Morgan fingerprint density at radius 2 is 0.889 bits per heavy atom. The van der Waals surface area contributed by atoms with E-state index in [1.54, 1.807) is 0 Å². The molecule has 0 fully saturated rings. The minimum absolute atomic E-state index is 0.311. The Labute approximate surface area is 268 Å². The van der Waals surface area contributed by atoms with Crippen LogP contribution in [-0.4, -0.2) is 11.4 Å². The Morgan fingerprint density at radius 1 is 0.444 bits per heavy atom. The largest absolute Gasteiger partial charge is 0.463 e. The van der Waals surface area contributed by atoms with Crippen LogP contribution in [0.1, 0.15) is 112 Å². The van der Waals surface area contributed by atoms with Crippen molar-refractivity contribution >= 4 is 22.8 Å². The molecule has 0 unspecified atom stereocenters. The number of rotatable bonds is 7. The fourth-order valence-electron chi connectivity index (χ4n) is 6.48. The molecule has 1 aromatic heterocycles. The second-order valence-electron chi connectivity index (χ2n) is 13.4. The van der Waals surface area contributed by atoms with Gasteiger partial charge in [-0.25, -0.2) is 9.98 Å². The molecule has 0 atom stereocenters. The van der Waals surface area contributed by atoms with Crippen molar-refractivity contribution < 1.29 is 4.42 Å². The molecule has 0 saturated carbocycles. The molecular formula is C42H44N2O. The van der Waals surface area contributed by atoms with E-state index in [0.717, 1.165) is 56.4 Å². The van der Waals surface area contributed by atoms with Gasteiger partial charge < -0.3 is 4.42 Å². The molecule has 0 saturated heterocycles. The van der Waals surface area contributed by atoms with E-state index in [9.17, 15) is 0 Å². The Balaban J connectivity index is 1.78. The minimum Gasteiger partial charge on any atom is -0.463 e. The smallest absolute Gasteiger partial charge is 0.144 e. The second kappa shape index (κ2) is 12.5. The number of fused-ring (bicyclic) bond motifs is 3. The summed E-state index contributed by atoms with van der Waals surface area (Å²) in [5, 5.41) is 0. The first kappa shape index (κ1) is 30.5. The van der Waals surface area contributed by atoms with Gasteiger partial charge in [-0.1, -0.05) is 146 Å². The molecule has 3 nitrogen and oxygen atoms in total. The highest BCUT2D eigenvalue weighted by Gasteiger charge is 2.34. The maximum Gasteiger partial charge on any atom is 0.144 e. The summed E-state index contributed by atoms with van der Waals surface area (Å²) in [7, 11) is 0. The highest BCUT2D eigenvalue weighted by Crippen LogP contribution is 2.45. The van der Waals surface area contributed by atoms with E-state index in [-0.39, 0.29) is 0 Å². The summed E-state index contributed by atoms with van der Waals surface area (Å²) in [5.41, 5.74) is 14.0. The Bertz CT molecular complexity index is 1830. The lowest BCUT2D eigenvalue weighted by Gasteiger charge is -2.24. The van der Waals surface area contributed by atoms with Crippen molar-refractivity contribution in [1.29, 1.82) is 0 Å². The van der Waals surface area contributed by atoms with Crippen LogP contribution in [0, 0.1) is 0 Å². The first-order valence-electron chi connectivity index (χ1n) is 16.4. The van der Waals surface area contributed by atoms with E-state index in [0.29, 0.717) is 23.7 Å². The zero-order valence-corrected chi connectivity index (χ0v) is 27.8. The van der Waals surface area contributed by atoms with Crippen LogP contribution in [0.25, 0.3) is 22.5 Å². The normalized spacial score (nSPS) is 14.7. The molecule has 45 heavy (non-hydrogen) atoms. The van der Waals surface area contributed by atoms with E-state index in [2.05, 4.69) is 146 Å². The maximum atomic E-state index is 6.48. The molecule has 4 aromatic carbocycles. The van der Waals surface area contributed by atoms with Gasteiger partial charge in [-0.2, -0.15) is 0 Å². The minimum atomic E-state index is 0.311. The molecule has 5 aromatic rings. The zero-order valence-electron chi connectivity index (χ0n) is 27.8. The summed E-state index contributed by atoms with van der Waals surface area (Å²) < 4.78 is 6.48. The van der Waals surface area contributed by atoms with Crippen molar-refractivity contribution in [1.82, 2.24) is 0 Å². The van der Waals surface area contributed by atoms with Gasteiger partial charge in [0.1, 0.15) is 11.5 Å². The maximum absolute atomic E-state index is 6.48. The first-order chi connectivity index (χ1) is 21.7. The van der Waals surface area contributed by atoms with E-state index in [1.807, 2.05) is 6.26 Å². The molecule has 6 rings (SSSR count). The summed E-state index contributed by atoms with van der Waals surface area (Å²) >= 11 is 0. The average molecular weight is 593 g/mol. The van der Waals surface area contributed by atoms with Gasteiger partial charge in [-0.3, -0.25) is 0 Å². The van der Waals surface area contributed by atoms with Crippen LogP contribution < -0.4 is 0 Å². The number of furan rings is 1. The van der Waals surface area contributed by atoms with Crippen LogP contribution in [0.4, 0.5) is 11.4 Å². The average Bonchev–Trinajstić information content (AvgIpc) is 3.48. The van der Waals surface area contributed by atoms with Gasteiger partial charge in [-0.05, 0) is 51.5 Å². The molecule has 0 radical (unpaired) electrons. The number of hydrogen-bond donors (Lipinski definition) is 0. The van der Waals surface area contributed by atoms with Gasteiger partial charge >= 0.3 is 0 Å². The summed E-state index contributed by atoms with van der Waals surface area (Å²) in [6.07, 6.45) is 1.90. The van der Waals surface area contributed by atoms with E-state index < -0.39 is 0 Å². The number of nitrogens with zero attached hydrogens (tertiary/aromatic N) is 2. The summed E-state index contributed by atoms with van der Waals surface area (Å²) in [6, 6.07) is 32.3. The van der Waals surface area contributed by atoms with Crippen molar-refractivity contribution in [3.8, 4) is 22.5 Å². The highest BCUT2D eigenvalue weighted by molar-refractivity contribution is 6.58. The zero-order chi connectivity index (χ0) is 31.8. The van der Waals surface area contributed by atoms with Gasteiger partial charge in [0.25, 0.3) is 0 Å². The Morgan fingerprint density at radius 3 is 1.38 bits per heavy atom. The fraction of sp³-hybridized carbons (Fsp3) is 0.286. The first-order valence-corrected chi connectivity index (χ1v) is 16.4. The predicted molar refractivity (Wildman–Crippen MR) is 191 cm³/mol. The van der Waals surface area contributed by atoms with Crippen molar-refractivity contribution in [2.24, 2.45) is 9.98 Å². The molecule has 0 amide bonds. The van der Waals surface area contributed by atoms with Crippen LogP contribution >= 0.6 is 0 Å². The molecule has 0 N–H and O–H groups in total. The molecule has 0 aliphatic heterocycles. The number of para-hydroxylation sites is 2. The second-order valence-corrected chi connectivity index (χ2v) is 13.4. The van der Waals surface area contributed by atoms with Crippen molar-refractivity contribution in [3.63, 3.8) is 0 Å². The number of benzene rings is 4. The van der Waals surface area contributed by atoms with Crippen molar-refractivity contribution in [2.45, 2.75) is 79.1 Å². The van der Waals surface area contributed by atoms with Gasteiger partial charge in [0.05, 0.1) is 28.9 Å². The molecule has 1 aliphatic rings. The van der Waals surface area contributed by atoms with Crippen LogP contribution in [0.5, 0.6) is 0 Å². The Hall–Kier alpha value is -4.50. The molecule has 0 bridgehead atoms. The highest BCUT2D eigenvalue weighted by atomic mass is 16.3. The van der Waals surface area contributed by atoms with Crippen LogP contribution in [0.2, 0.25) is 0 Å². The van der Waals surface area contributed by atoms with E-state index in [1.165, 1.54) is 22.3 Å². The monoisotopic (exact) mass is 592 g/mol. The summed E-state index contributed by atoms with van der Waals surface area (Å²) in [6.45, 7) is 18.0. The molecular weight excluding hydrogens is 548 g/mol. The molecule has 3 heteroatoms. The van der Waals surface area contributed by atoms with Gasteiger partial charge in [0, 0.05) is 16.7 Å². The third kappa shape index (κ3) is 5.61. The topological polar surface area (TPSA) is 37.9 Å². The number of hydrogen-bond acceptors (Lipinski definition) is 3. The van der Waals surface area contributed by atoms with Crippen LogP contribution in [0.15, 0.2) is 112 Å². The molecule has 1 aliphatic carbocycles. The third-order valence-electron chi connectivity index (χ3n) is 8.90. The summed E-state index contributed by atoms with van der Waals surface area (Å²) in [4.78, 5) is 11.4. The van der Waals surface area contributed by atoms with Crippen molar-refractivity contribution in [2.75, 3.05) is 0 Å².